The Kier molecular flexibility index (Phi) is 5.63. The van der Waals surface area contributed by atoms with Gasteiger partial charge in [0.25, 0.3) is 0 Å². The Hall–Kier alpha value is -4.64. The van der Waals surface area contributed by atoms with E-state index in [9.17, 15) is 0 Å². The molecule has 0 saturated carbocycles. The molecule has 5 heteroatoms. The van der Waals surface area contributed by atoms with Gasteiger partial charge in [0.15, 0.2) is 11.6 Å². The van der Waals surface area contributed by atoms with Gasteiger partial charge in [-0.05, 0) is 60.1 Å². The van der Waals surface area contributed by atoms with Crippen LogP contribution < -0.4 is 0 Å². The van der Waals surface area contributed by atoms with Gasteiger partial charge in [0, 0.05) is 45.6 Å². The van der Waals surface area contributed by atoms with Crippen molar-refractivity contribution in [1.82, 2.24) is 24.5 Å². The van der Waals surface area contributed by atoms with Crippen molar-refractivity contribution in [3.05, 3.63) is 121 Å². The second kappa shape index (κ2) is 9.23. The van der Waals surface area contributed by atoms with Crippen molar-refractivity contribution in [3.8, 4) is 28.5 Å². The average Bonchev–Trinajstić information content (AvgIpc) is 3.45. The molecule has 0 spiro atoms. The van der Waals surface area contributed by atoms with Crippen LogP contribution in [0.4, 0.5) is 0 Å². The summed E-state index contributed by atoms with van der Waals surface area (Å²) in [5, 5.41) is 1.35. The molecular formula is C35H31N5. The topological polar surface area (TPSA) is 56.5 Å². The van der Waals surface area contributed by atoms with Gasteiger partial charge in [-0.1, -0.05) is 81.6 Å². The van der Waals surface area contributed by atoms with E-state index in [4.69, 9.17) is 15.0 Å². The number of aromatic nitrogens is 5. The highest BCUT2D eigenvalue weighted by molar-refractivity contribution is 5.99. The summed E-state index contributed by atoms with van der Waals surface area (Å²) < 4.78 is 2.30. The molecule has 40 heavy (non-hydrogen) atoms. The second-order valence-corrected chi connectivity index (χ2v) is 11.1. The first-order valence-corrected chi connectivity index (χ1v) is 13.9. The molecule has 2 aliphatic carbocycles. The Labute approximate surface area is 234 Å². The van der Waals surface area contributed by atoms with Crippen LogP contribution in [0.15, 0.2) is 92.3 Å². The van der Waals surface area contributed by atoms with E-state index < -0.39 is 0 Å². The molecule has 0 aliphatic heterocycles. The van der Waals surface area contributed by atoms with Gasteiger partial charge in [-0.15, -0.1) is 0 Å². The number of hydrogen-bond acceptors (Lipinski definition) is 4. The summed E-state index contributed by atoms with van der Waals surface area (Å²) in [7, 11) is 0. The first kappa shape index (κ1) is 24.4. The number of aryl methyl sites for hydroxylation is 1. The fourth-order valence-corrected chi connectivity index (χ4v) is 6.70. The third kappa shape index (κ3) is 3.54. The van der Waals surface area contributed by atoms with Crippen LogP contribution in [-0.4, -0.2) is 24.5 Å². The zero-order chi connectivity index (χ0) is 27.4. The predicted octanol–water partition coefficient (Wildman–Crippen LogP) is 7.82. The van der Waals surface area contributed by atoms with Crippen LogP contribution >= 0.6 is 0 Å². The molecular weight excluding hydrogens is 490 g/mol. The second-order valence-electron chi connectivity index (χ2n) is 11.1. The third-order valence-corrected chi connectivity index (χ3v) is 8.48. The van der Waals surface area contributed by atoms with Gasteiger partial charge in [0.2, 0.25) is 5.95 Å². The van der Waals surface area contributed by atoms with Crippen molar-refractivity contribution >= 4 is 16.5 Å². The molecule has 2 aromatic carbocycles. The van der Waals surface area contributed by atoms with Crippen LogP contribution in [0.25, 0.3) is 44.9 Å². The smallest absolute Gasteiger partial charge is 0.238 e. The summed E-state index contributed by atoms with van der Waals surface area (Å²) in [4.78, 5) is 19.5. The lowest BCUT2D eigenvalue weighted by Gasteiger charge is -2.23. The van der Waals surface area contributed by atoms with E-state index in [2.05, 4.69) is 54.8 Å². The Balaban J connectivity index is 1.56. The molecule has 3 aromatic heterocycles. The zero-order valence-electron chi connectivity index (χ0n) is 23.0. The van der Waals surface area contributed by atoms with E-state index >= 15 is 0 Å². The molecule has 0 bridgehead atoms. The molecule has 0 N–H and O–H groups in total. The van der Waals surface area contributed by atoms with E-state index in [-0.39, 0.29) is 5.41 Å². The summed E-state index contributed by atoms with van der Waals surface area (Å²) in [6.45, 7) is 12.6. The summed E-state index contributed by atoms with van der Waals surface area (Å²) in [6, 6.07) is 16.8. The van der Waals surface area contributed by atoms with Gasteiger partial charge in [0.1, 0.15) is 0 Å². The normalized spacial score (nSPS) is 15.4. The van der Waals surface area contributed by atoms with Gasteiger partial charge < -0.3 is 0 Å². The molecule has 196 valence electrons. The van der Waals surface area contributed by atoms with E-state index in [0.29, 0.717) is 17.6 Å². The quantitative estimate of drug-likeness (QED) is 0.221. The Morgan fingerprint density at radius 1 is 0.925 bits per heavy atom. The van der Waals surface area contributed by atoms with Crippen LogP contribution in [0.1, 0.15) is 54.9 Å². The number of nitrogens with zero attached hydrogens (tertiary/aromatic N) is 5. The molecule has 5 aromatic rings. The fourth-order valence-electron chi connectivity index (χ4n) is 6.70. The number of pyridine rings is 1. The summed E-state index contributed by atoms with van der Waals surface area (Å²) in [5.41, 5.74) is 10.8. The van der Waals surface area contributed by atoms with Crippen molar-refractivity contribution in [2.24, 2.45) is 0 Å². The SMILES string of the molecule is C=C/C=C(\C=C)c1nc(-c2ccccc2)nc(-n2c3c(c4c5c(ccc42)-c2cnccc2C5(C)C)CCCC3)n1. The van der Waals surface area contributed by atoms with Crippen LogP contribution in [0, 0.1) is 0 Å². The van der Waals surface area contributed by atoms with Crippen LogP contribution in [0.3, 0.4) is 0 Å². The number of hydrogen-bond donors (Lipinski definition) is 0. The minimum atomic E-state index is -0.132. The largest absolute Gasteiger partial charge is 0.282 e. The maximum absolute atomic E-state index is 5.09. The molecule has 0 fully saturated rings. The van der Waals surface area contributed by atoms with Crippen molar-refractivity contribution in [2.75, 3.05) is 0 Å². The number of benzene rings is 2. The first-order valence-electron chi connectivity index (χ1n) is 13.9. The van der Waals surface area contributed by atoms with Crippen molar-refractivity contribution in [3.63, 3.8) is 0 Å². The highest BCUT2D eigenvalue weighted by atomic mass is 15.2. The average molecular weight is 522 g/mol. The van der Waals surface area contributed by atoms with Gasteiger partial charge in [-0.2, -0.15) is 9.97 Å². The van der Waals surface area contributed by atoms with Crippen molar-refractivity contribution in [1.29, 1.82) is 0 Å². The minimum absolute atomic E-state index is 0.132. The summed E-state index contributed by atoms with van der Waals surface area (Å²) >= 11 is 0. The predicted molar refractivity (Wildman–Crippen MR) is 162 cm³/mol. The van der Waals surface area contributed by atoms with Crippen LogP contribution in [0.2, 0.25) is 0 Å². The Morgan fingerprint density at radius 2 is 1.75 bits per heavy atom. The third-order valence-electron chi connectivity index (χ3n) is 8.48. The number of fused-ring (bicyclic) bond motifs is 7. The molecule has 3 heterocycles. The molecule has 5 nitrogen and oxygen atoms in total. The lowest BCUT2D eigenvalue weighted by atomic mass is 9.79. The standard InChI is InChI=1S/C35H31N5/c1-5-12-22(6-2)32-37-33(23-13-8-7-9-14-23)39-34(38-32)40-28-16-11-10-15-25(28)30-29(40)18-17-24-26-21-36-20-19-27(26)35(3,4)31(24)30/h5-9,12-14,17-21H,1-2,10-11,15-16H2,3-4H3/b22-12+. The van der Waals surface area contributed by atoms with E-state index in [0.717, 1.165) is 35.9 Å². The van der Waals surface area contributed by atoms with Crippen LogP contribution in [0.5, 0.6) is 0 Å². The maximum atomic E-state index is 5.09. The van der Waals surface area contributed by atoms with Crippen molar-refractivity contribution in [2.45, 2.75) is 44.9 Å². The first-order chi connectivity index (χ1) is 19.5. The van der Waals surface area contributed by atoms with Crippen molar-refractivity contribution < 1.29 is 0 Å². The molecule has 0 atom stereocenters. The minimum Gasteiger partial charge on any atom is -0.282 e. The monoisotopic (exact) mass is 521 g/mol. The van der Waals surface area contributed by atoms with E-state index in [1.807, 2.05) is 48.8 Å². The fraction of sp³-hybridized carbons (Fsp3) is 0.200. The maximum Gasteiger partial charge on any atom is 0.238 e. The summed E-state index contributed by atoms with van der Waals surface area (Å²) in [5.74, 6) is 1.87. The van der Waals surface area contributed by atoms with Gasteiger partial charge in [-0.3, -0.25) is 9.55 Å². The highest BCUT2D eigenvalue weighted by Crippen LogP contribution is 2.53. The highest BCUT2D eigenvalue weighted by Gasteiger charge is 2.39. The lowest BCUT2D eigenvalue weighted by molar-refractivity contribution is 0.654. The van der Waals surface area contributed by atoms with Gasteiger partial charge in [-0.25, -0.2) is 4.98 Å². The zero-order valence-corrected chi connectivity index (χ0v) is 23.0. The molecule has 0 unspecified atom stereocenters. The number of allylic oxidation sites excluding steroid dienone is 4. The molecule has 2 aliphatic rings. The van der Waals surface area contributed by atoms with E-state index in [1.165, 1.54) is 45.3 Å². The molecule has 0 saturated heterocycles. The Morgan fingerprint density at radius 3 is 2.55 bits per heavy atom. The van der Waals surface area contributed by atoms with Crippen LogP contribution in [-0.2, 0) is 18.3 Å². The molecule has 0 amide bonds. The van der Waals surface area contributed by atoms with Gasteiger partial charge >= 0.3 is 0 Å². The molecule has 0 radical (unpaired) electrons. The Bertz CT molecular complexity index is 1860. The van der Waals surface area contributed by atoms with E-state index in [1.54, 1.807) is 12.2 Å². The van der Waals surface area contributed by atoms with Gasteiger partial charge in [0.05, 0.1) is 5.52 Å². The lowest BCUT2D eigenvalue weighted by Crippen LogP contribution is -2.16. The number of rotatable bonds is 5. The summed E-state index contributed by atoms with van der Waals surface area (Å²) in [6.07, 6.45) is 13.7. The molecule has 7 rings (SSSR count).